The van der Waals surface area contributed by atoms with E-state index in [9.17, 15) is 23.3 Å². The molecule has 208 valence electrons. The van der Waals surface area contributed by atoms with Crippen LogP contribution < -0.4 is 4.72 Å². The van der Waals surface area contributed by atoms with Gasteiger partial charge in [0.2, 0.25) is 10.0 Å². The Hall–Kier alpha value is -1.78. The molecule has 0 unspecified atom stereocenters. The molecule has 1 N–H and O–H groups in total. The highest BCUT2D eigenvalue weighted by Gasteiger charge is 2.70. The molecule has 5 rings (SSSR count). The smallest absolute Gasteiger partial charge is 0.209 e. The number of ketones is 2. The number of hydrogen-bond donors (Lipinski definition) is 1. The highest BCUT2D eigenvalue weighted by atomic mass is 32.2. The summed E-state index contributed by atoms with van der Waals surface area (Å²) >= 11 is 0. The molecule has 0 amide bonds. The fourth-order valence-electron chi connectivity index (χ4n) is 10.2. The van der Waals surface area contributed by atoms with Crippen LogP contribution in [0.25, 0.3) is 0 Å². The minimum Gasteiger partial charge on any atom is -0.295 e. The number of hydrogen-bond acceptors (Lipinski definition) is 5. The van der Waals surface area contributed by atoms with Crippen LogP contribution in [0, 0.1) is 56.2 Å². The van der Waals surface area contributed by atoms with E-state index in [0.29, 0.717) is 6.42 Å². The summed E-state index contributed by atoms with van der Waals surface area (Å²) in [4.78, 5) is 27.6. The van der Waals surface area contributed by atoms with Crippen molar-refractivity contribution in [1.29, 1.82) is 5.26 Å². The van der Waals surface area contributed by atoms with Gasteiger partial charge in [0.25, 0.3) is 0 Å². The number of carbonyl (C=O) groups is 2. The maximum atomic E-state index is 14.4. The van der Waals surface area contributed by atoms with Crippen LogP contribution in [0.1, 0.15) is 93.4 Å². The minimum absolute atomic E-state index is 0.00933. The van der Waals surface area contributed by atoms with Gasteiger partial charge >= 0.3 is 0 Å². The fourth-order valence-corrected chi connectivity index (χ4v) is 11.3. The van der Waals surface area contributed by atoms with Crippen LogP contribution in [0.3, 0.4) is 0 Å². The molecule has 0 spiro atoms. The highest BCUT2D eigenvalue weighted by Crippen LogP contribution is 2.73. The van der Waals surface area contributed by atoms with Crippen molar-refractivity contribution in [3.8, 4) is 6.07 Å². The molecule has 0 aromatic carbocycles. The van der Waals surface area contributed by atoms with Gasteiger partial charge in [0.1, 0.15) is 6.07 Å². The third kappa shape index (κ3) is 3.54. The van der Waals surface area contributed by atoms with Gasteiger partial charge in [-0.3, -0.25) is 9.59 Å². The van der Waals surface area contributed by atoms with Crippen LogP contribution in [0.5, 0.6) is 0 Å². The standard InChI is InChI=1S/C31H44N2O4S/c1-26(2)11-13-31(33-38(8,36)37)14-12-30(7)24(20(31)17-26)21(34)15-23-28(5)16-19(18-32)25(35)27(3,4)22(28)9-10-29(23,30)6/h15-16,20,22,24,33H,9-14,17H2,1-8H3/t20-,22+,24+,28+,29-,30-,31+/m1/s1. The quantitative estimate of drug-likeness (QED) is 0.497. The van der Waals surface area contributed by atoms with Crippen molar-refractivity contribution >= 4 is 21.6 Å². The topological polar surface area (TPSA) is 104 Å². The number of sulfonamides is 1. The van der Waals surface area contributed by atoms with Gasteiger partial charge in [-0.15, -0.1) is 0 Å². The van der Waals surface area contributed by atoms with Gasteiger partial charge in [-0.05, 0) is 79.1 Å². The van der Waals surface area contributed by atoms with Crippen molar-refractivity contribution in [2.75, 3.05) is 6.26 Å². The summed E-state index contributed by atoms with van der Waals surface area (Å²) in [5, 5.41) is 9.87. The Balaban J connectivity index is 1.70. The summed E-state index contributed by atoms with van der Waals surface area (Å²) in [6.45, 7) is 15.1. The van der Waals surface area contributed by atoms with Gasteiger partial charge in [0, 0.05) is 22.3 Å². The zero-order chi connectivity index (χ0) is 28.3. The summed E-state index contributed by atoms with van der Waals surface area (Å²) in [5.41, 5.74) is -1.21. The van der Waals surface area contributed by atoms with E-state index < -0.39 is 26.4 Å². The molecule has 0 aromatic rings. The second kappa shape index (κ2) is 7.91. The number of nitriles is 1. The monoisotopic (exact) mass is 540 g/mol. The number of rotatable bonds is 2. The molecule has 0 heterocycles. The molecular weight excluding hydrogens is 496 g/mol. The predicted molar refractivity (Wildman–Crippen MR) is 147 cm³/mol. The van der Waals surface area contributed by atoms with Crippen LogP contribution in [0.15, 0.2) is 23.3 Å². The lowest BCUT2D eigenvalue weighted by Gasteiger charge is -2.69. The second-order valence-corrected chi connectivity index (χ2v) is 17.0. The lowest BCUT2D eigenvalue weighted by atomic mass is 9.35. The lowest BCUT2D eigenvalue weighted by molar-refractivity contribution is -0.159. The number of nitrogens with one attached hydrogen (secondary N) is 1. The molecule has 0 aromatic heterocycles. The van der Waals surface area contributed by atoms with Crippen molar-refractivity contribution in [1.82, 2.24) is 4.72 Å². The summed E-state index contributed by atoms with van der Waals surface area (Å²) in [6.07, 6.45) is 10.6. The average molecular weight is 541 g/mol. The molecule has 0 saturated heterocycles. The Morgan fingerprint density at radius 2 is 1.61 bits per heavy atom. The molecule has 38 heavy (non-hydrogen) atoms. The average Bonchev–Trinajstić information content (AvgIpc) is 2.78. The fraction of sp³-hybridized carbons (Fsp3) is 0.774. The van der Waals surface area contributed by atoms with E-state index in [1.54, 1.807) is 0 Å². The SMILES string of the molecule is CC1(C)CC[C@]2(NS(C)(=O)=O)CC[C@]3(C)[C@H](C(=O)C=C4[C@@]5(C)C=C(C#N)C(=O)C(C)(C)[C@@H]5CC[C@]43C)[C@H]2C1. The molecule has 0 bridgehead atoms. The lowest BCUT2D eigenvalue weighted by Crippen LogP contribution is -2.69. The van der Waals surface area contributed by atoms with E-state index in [1.165, 1.54) is 6.26 Å². The van der Waals surface area contributed by atoms with Crippen LogP contribution in [0.4, 0.5) is 0 Å². The van der Waals surface area contributed by atoms with Gasteiger partial charge in [0.05, 0.1) is 11.8 Å². The zero-order valence-electron chi connectivity index (χ0n) is 24.3. The Morgan fingerprint density at radius 1 is 0.974 bits per heavy atom. The van der Waals surface area contributed by atoms with Gasteiger partial charge in [-0.25, -0.2) is 13.1 Å². The van der Waals surface area contributed by atoms with E-state index in [0.717, 1.165) is 44.1 Å². The molecule has 3 saturated carbocycles. The normalized spacial score (nSPS) is 45.4. The third-order valence-corrected chi connectivity index (χ3v) is 13.0. The van der Waals surface area contributed by atoms with E-state index in [4.69, 9.17) is 0 Å². The molecular formula is C31H44N2O4S. The van der Waals surface area contributed by atoms with E-state index in [-0.39, 0.29) is 51.1 Å². The van der Waals surface area contributed by atoms with Crippen molar-refractivity contribution in [2.24, 2.45) is 44.8 Å². The minimum atomic E-state index is -3.45. The zero-order valence-corrected chi connectivity index (χ0v) is 25.1. The molecule has 0 radical (unpaired) electrons. The molecule has 5 aliphatic rings. The maximum absolute atomic E-state index is 14.4. The Morgan fingerprint density at radius 3 is 2.21 bits per heavy atom. The first-order valence-corrected chi connectivity index (χ1v) is 16.1. The number of carbonyl (C=O) groups excluding carboxylic acids is 2. The predicted octanol–water partition coefficient (Wildman–Crippen LogP) is 5.51. The van der Waals surface area contributed by atoms with Crippen LogP contribution >= 0.6 is 0 Å². The molecule has 6 nitrogen and oxygen atoms in total. The molecule has 7 heteroatoms. The van der Waals surface area contributed by atoms with Gasteiger partial charge in [-0.1, -0.05) is 60.1 Å². The maximum Gasteiger partial charge on any atom is 0.209 e. The number of fused-ring (bicyclic) bond motifs is 7. The first kappa shape index (κ1) is 27.8. The Kier molecular flexibility index (Phi) is 5.78. The number of nitrogens with zero attached hydrogens (tertiary/aromatic N) is 1. The van der Waals surface area contributed by atoms with Crippen molar-refractivity contribution in [3.05, 3.63) is 23.3 Å². The molecule has 3 fully saturated rings. The first-order chi connectivity index (χ1) is 17.3. The summed E-state index contributed by atoms with van der Waals surface area (Å²) in [5.74, 6) is -0.365. The first-order valence-electron chi connectivity index (χ1n) is 14.2. The van der Waals surface area contributed by atoms with E-state index in [2.05, 4.69) is 45.4 Å². The van der Waals surface area contributed by atoms with E-state index in [1.807, 2.05) is 26.0 Å². The van der Waals surface area contributed by atoms with Crippen LogP contribution in [-0.4, -0.2) is 31.8 Å². The third-order valence-electron chi connectivity index (χ3n) is 12.2. The number of Topliss-reactive ketones (excluding diaryl/α,β-unsaturated/α-hetero) is 1. The van der Waals surface area contributed by atoms with Gasteiger partial charge < -0.3 is 0 Å². The number of allylic oxidation sites excluding steroid dienone is 4. The van der Waals surface area contributed by atoms with Crippen molar-refractivity contribution < 1.29 is 18.0 Å². The summed E-state index contributed by atoms with van der Waals surface area (Å²) in [7, 11) is -3.45. The van der Waals surface area contributed by atoms with Crippen LogP contribution in [-0.2, 0) is 19.6 Å². The van der Waals surface area contributed by atoms with Gasteiger partial charge in [-0.2, -0.15) is 5.26 Å². The largest absolute Gasteiger partial charge is 0.295 e. The van der Waals surface area contributed by atoms with Gasteiger partial charge in [0.15, 0.2) is 11.6 Å². The van der Waals surface area contributed by atoms with Crippen molar-refractivity contribution in [2.45, 2.75) is 99.0 Å². The summed E-state index contributed by atoms with van der Waals surface area (Å²) < 4.78 is 28.3. The van der Waals surface area contributed by atoms with Crippen molar-refractivity contribution in [3.63, 3.8) is 0 Å². The molecule has 0 aliphatic heterocycles. The molecule has 5 aliphatic carbocycles. The van der Waals surface area contributed by atoms with Crippen LogP contribution in [0.2, 0.25) is 0 Å². The van der Waals surface area contributed by atoms with E-state index >= 15 is 0 Å². The highest BCUT2D eigenvalue weighted by molar-refractivity contribution is 7.88. The Labute approximate surface area is 228 Å². The second-order valence-electron chi connectivity index (χ2n) is 15.3. The Bertz CT molecular complexity index is 1330. The molecule has 7 atom stereocenters. The summed E-state index contributed by atoms with van der Waals surface area (Å²) in [6, 6.07) is 2.16.